The first-order valence-corrected chi connectivity index (χ1v) is 11.9. The zero-order valence-corrected chi connectivity index (χ0v) is 16.1. The van der Waals surface area contributed by atoms with Gasteiger partial charge < -0.3 is 8.85 Å². The Hall–Kier alpha value is 0.0969. The largest absolute Gasteiger partial charge is 0.397 e. The van der Waals surface area contributed by atoms with Gasteiger partial charge in [0.15, 0.2) is 0 Å². The van der Waals surface area contributed by atoms with Crippen LogP contribution in [-0.2, 0) is 8.85 Å². The maximum absolute atomic E-state index is 5.96. The number of rotatable bonds is 5. The Morgan fingerprint density at radius 3 is 2.05 bits per heavy atom. The van der Waals surface area contributed by atoms with Crippen molar-refractivity contribution in [3.8, 4) is 0 Å². The fourth-order valence-corrected chi connectivity index (χ4v) is 6.73. The molecule has 0 bridgehead atoms. The summed E-state index contributed by atoms with van der Waals surface area (Å²) in [7, 11) is 1.63. The second-order valence-electron chi connectivity index (χ2n) is 7.50. The van der Waals surface area contributed by atoms with Crippen LogP contribution in [0.4, 0.5) is 0 Å². The van der Waals surface area contributed by atoms with E-state index >= 15 is 0 Å². The highest BCUT2D eigenvalue weighted by Crippen LogP contribution is 2.29. The summed E-state index contributed by atoms with van der Waals surface area (Å²) in [4.78, 5) is 2.78. The molecule has 0 aromatic rings. The minimum atomic E-state index is -2.10. The van der Waals surface area contributed by atoms with Crippen molar-refractivity contribution in [3.05, 3.63) is 0 Å². The van der Waals surface area contributed by atoms with E-state index in [1.54, 1.807) is 0 Å². The molecule has 0 aromatic heterocycles. The molecule has 0 amide bonds. The van der Waals surface area contributed by atoms with Gasteiger partial charge in [0.05, 0.1) is 5.67 Å². The molecule has 1 saturated heterocycles. The van der Waals surface area contributed by atoms with Crippen LogP contribution >= 0.6 is 0 Å². The van der Waals surface area contributed by atoms with E-state index in [2.05, 4.69) is 11.4 Å². The zero-order chi connectivity index (χ0) is 15.8. The van der Waals surface area contributed by atoms with Crippen molar-refractivity contribution in [1.82, 2.24) is 4.90 Å². The van der Waals surface area contributed by atoms with Crippen molar-refractivity contribution in [3.63, 3.8) is 0 Å². The molecule has 3 nitrogen and oxygen atoms in total. The molecule has 4 heteroatoms. The average Bonchev–Trinajstić information content (AvgIpc) is 2.68. The Morgan fingerprint density at radius 2 is 1.36 bits per heavy atom. The molecule has 2 rings (SSSR count). The molecule has 2 fully saturated rings. The minimum Gasteiger partial charge on any atom is -0.397 e. The topological polar surface area (TPSA) is 21.7 Å². The fourth-order valence-electron chi connectivity index (χ4n) is 4.39. The van der Waals surface area contributed by atoms with Crippen LogP contribution in [0, 0.1) is 5.92 Å². The molecule has 1 aliphatic heterocycles. The predicted molar refractivity (Wildman–Crippen MR) is 95.3 cm³/mol. The standard InChI is InChI=1S/C18H37NO2Si/c1-20-22(3,21-2)18-14-10-5-4-6-11-15-19(18)16-17-12-8-7-9-13-17/h17-18H,4-16H2,1-3H3. The molecule has 1 heterocycles. The third-order valence-corrected chi connectivity index (χ3v) is 9.48. The third kappa shape index (κ3) is 5.05. The number of nitrogens with zero attached hydrogens (tertiary/aromatic N) is 1. The van der Waals surface area contributed by atoms with Gasteiger partial charge in [0.1, 0.15) is 0 Å². The van der Waals surface area contributed by atoms with Crippen LogP contribution in [0.25, 0.3) is 0 Å². The Kier molecular flexibility index (Phi) is 7.88. The van der Waals surface area contributed by atoms with E-state index in [1.165, 1.54) is 83.7 Å². The van der Waals surface area contributed by atoms with E-state index in [9.17, 15) is 0 Å². The van der Waals surface area contributed by atoms with Gasteiger partial charge in [-0.3, -0.25) is 4.90 Å². The van der Waals surface area contributed by atoms with Gasteiger partial charge in [-0.1, -0.05) is 44.9 Å². The van der Waals surface area contributed by atoms with Crippen LogP contribution in [0.5, 0.6) is 0 Å². The van der Waals surface area contributed by atoms with Gasteiger partial charge in [-0.2, -0.15) is 0 Å². The molecule has 0 aromatic carbocycles. The molecule has 1 saturated carbocycles. The first kappa shape index (κ1) is 18.4. The molecule has 130 valence electrons. The van der Waals surface area contributed by atoms with Crippen molar-refractivity contribution in [2.75, 3.05) is 27.3 Å². The summed E-state index contributed by atoms with van der Waals surface area (Å²) in [6.45, 7) is 4.79. The fraction of sp³-hybridized carbons (Fsp3) is 1.00. The third-order valence-electron chi connectivity index (χ3n) is 6.00. The summed E-state index contributed by atoms with van der Waals surface area (Å²) in [5, 5.41) is 0. The first-order chi connectivity index (χ1) is 10.7. The first-order valence-electron chi connectivity index (χ1n) is 9.54. The van der Waals surface area contributed by atoms with E-state index in [1.807, 2.05) is 14.2 Å². The number of hydrogen-bond donors (Lipinski definition) is 0. The van der Waals surface area contributed by atoms with Crippen molar-refractivity contribution in [2.24, 2.45) is 5.92 Å². The summed E-state index contributed by atoms with van der Waals surface area (Å²) >= 11 is 0. The van der Waals surface area contributed by atoms with Gasteiger partial charge in [0.25, 0.3) is 0 Å². The molecule has 0 N–H and O–H groups in total. The smallest absolute Gasteiger partial charge is 0.352 e. The van der Waals surface area contributed by atoms with E-state index in [-0.39, 0.29) is 0 Å². The summed E-state index contributed by atoms with van der Waals surface area (Å²) < 4.78 is 11.9. The molecule has 0 radical (unpaired) electrons. The maximum atomic E-state index is 5.96. The highest BCUT2D eigenvalue weighted by Gasteiger charge is 2.43. The van der Waals surface area contributed by atoms with Crippen LogP contribution in [0.2, 0.25) is 6.55 Å². The molecular formula is C18H37NO2Si. The predicted octanol–water partition coefficient (Wildman–Crippen LogP) is 4.50. The SMILES string of the molecule is CO[Si](C)(OC)C1CCCCCCCN1CC1CCCCC1. The Morgan fingerprint density at radius 1 is 0.818 bits per heavy atom. The van der Waals surface area contributed by atoms with Crippen LogP contribution in [0.15, 0.2) is 0 Å². The van der Waals surface area contributed by atoms with Crippen LogP contribution < -0.4 is 0 Å². The molecule has 1 aliphatic carbocycles. The Bertz CT molecular complexity index is 303. The summed E-state index contributed by atoms with van der Waals surface area (Å²) in [5.41, 5.74) is 0.530. The van der Waals surface area contributed by atoms with Crippen molar-refractivity contribution in [2.45, 2.75) is 82.8 Å². The quantitative estimate of drug-likeness (QED) is 0.694. The van der Waals surface area contributed by atoms with E-state index < -0.39 is 8.56 Å². The van der Waals surface area contributed by atoms with Gasteiger partial charge in [0.2, 0.25) is 0 Å². The molecular weight excluding hydrogens is 290 g/mol. The number of hydrogen-bond acceptors (Lipinski definition) is 3. The summed E-state index contributed by atoms with van der Waals surface area (Å²) in [6.07, 6.45) is 15.3. The van der Waals surface area contributed by atoms with Crippen LogP contribution in [0.3, 0.4) is 0 Å². The van der Waals surface area contributed by atoms with E-state index in [0.717, 1.165) is 5.92 Å². The second kappa shape index (κ2) is 9.41. The van der Waals surface area contributed by atoms with Crippen LogP contribution in [0.1, 0.15) is 70.6 Å². The Balaban J connectivity index is 2.08. The lowest BCUT2D eigenvalue weighted by Crippen LogP contribution is -2.59. The lowest BCUT2D eigenvalue weighted by atomic mass is 9.89. The molecule has 22 heavy (non-hydrogen) atoms. The zero-order valence-electron chi connectivity index (χ0n) is 15.1. The molecule has 1 unspecified atom stereocenters. The van der Waals surface area contributed by atoms with Crippen molar-refractivity contribution in [1.29, 1.82) is 0 Å². The van der Waals surface area contributed by atoms with E-state index in [4.69, 9.17) is 8.85 Å². The minimum absolute atomic E-state index is 0.530. The summed E-state index contributed by atoms with van der Waals surface area (Å²) in [6, 6.07) is 0. The average molecular weight is 328 g/mol. The van der Waals surface area contributed by atoms with Gasteiger partial charge >= 0.3 is 8.56 Å². The lowest BCUT2D eigenvalue weighted by molar-refractivity contribution is 0.129. The highest BCUT2D eigenvalue weighted by molar-refractivity contribution is 6.67. The Labute approximate surface area is 139 Å². The second-order valence-corrected chi connectivity index (χ2v) is 11.0. The summed E-state index contributed by atoms with van der Waals surface area (Å²) in [5.74, 6) is 0.906. The van der Waals surface area contributed by atoms with E-state index in [0.29, 0.717) is 5.67 Å². The van der Waals surface area contributed by atoms with Gasteiger partial charge in [-0.05, 0) is 44.7 Å². The highest BCUT2D eigenvalue weighted by atomic mass is 28.4. The molecule has 2 aliphatic rings. The monoisotopic (exact) mass is 327 g/mol. The van der Waals surface area contributed by atoms with Gasteiger partial charge in [-0.25, -0.2) is 0 Å². The van der Waals surface area contributed by atoms with Gasteiger partial charge in [-0.15, -0.1) is 0 Å². The maximum Gasteiger partial charge on any atom is 0.352 e. The van der Waals surface area contributed by atoms with Gasteiger partial charge in [0, 0.05) is 20.8 Å². The van der Waals surface area contributed by atoms with Crippen molar-refractivity contribution < 1.29 is 8.85 Å². The van der Waals surface area contributed by atoms with Crippen molar-refractivity contribution >= 4 is 8.56 Å². The normalized spacial score (nSPS) is 27.1. The lowest BCUT2D eigenvalue weighted by Gasteiger charge is -2.42. The molecule has 1 atom stereocenters. The van der Waals surface area contributed by atoms with Crippen LogP contribution in [-0.4, -0.2) is 46.4 Å². The molecule has 0 spiro atoms.